The molecule has 0 radical (unpaired) electrons. The van der Waals surface area contributed by atoms with Gasteiger partial charge in [0, 0.05) is 19.6 Å². The number of para-hydroxylation sites is 1. The molecule has 2 N–H and O–H groups in total. The molecule has 1 aromatic carbocycles. The van der Waals surface area contributed by atoms with Crippen molar-refractivity contribution < 1.29 is 14.6 Å². The Morgan fingerprint density at radius 3 is 2.65 bits per heavy atom. The smallest absolute Gasteiger partial charge is 0.220 e. The first-order valence-corrected chi connectivity index (χ1v) is 7.09. The van der Waals surface area contributed by atoms with Crippen LogP contribution in [0.15, 0.2) is 30.3 Å². The summed E-state index contributed by atoms with van der Waals surface area (Å²) in [6.07, 6.45) is 1.84. The second-order valence-electron chi connectivity index (χ2n) is 5.68. The van der Waals surface area contributed by atoms with Crippen molar-refractivity contribution in [3.8, 4) is 5.75 Å². The summed E-state index contributed by atoms with van der Waals surface area (Å²) in [5.41, 5.74) is -0.0645. The van der Waals surface area contributed by atoms with Crippen LogP contribution in [-0.2, 0) is 4.79 Å². The fourth-order valence-corrected chi connectivity index (χ4v) is 1.76. The minimum absolute atomic E-state index is 0.0349. The molecule has 20 heavy (non-hydrogen) atoms. The zero-order chi connectivity index (χ0) is 14.8. The number of carbonyl (C=O) groups is 1. The second-order valence-corrected chi connectivity index (χ2v) is 5.68. The molecule has 0 unspecified atom stereocenters. The van der Waals surface area contributed by atoms with Gasteiger partial charge in [0.1, 0.15) is 5.75 Å². The maximum atomic E-state index is 11.7. The maximum Gasteiger partial charge on any atom is 0.220 e. The van der Waals surface area contributed by atoms with E-state index in [1.54, 1.807) is 0 Å². The monoisotopic (exact) mass is 279 g/mol. The first kappa shape index (κ1) is 16.5. The maximum absolute atomic E-state index is 11.7. The summed E-state index contributed by atoms with van der Waals surface area (Å²) in [4.78, 5) is 11.7. The summed E-state index contributed by atoms with van der Waals surface area (Å²) in [5.74, 6) is 0.865. The third kappa shape index (κ3) is 7.14. The molecule has 112 valence electrons. The predicted molar refractivity (Wildman–Crippen MR) is 79.7 cm³/mol. The molecule has 0 atom stereocenters. The average Bonchev–Trinajstić information content (AvgIpc) is 2.43. The molecule has 1 rings (SSSR count). The fraction of sp³-hybridized carbons (Fsp3) is 0.562. The quantitative estimate of drug-likeness (QED) is 0.682. The number of rotatable bonds is 9. The van der Waals surface area contributed by atoms with Crippen LogP contribution in [-0.4, -0.2) is 30.8 Å². The van der Waals surface area contributed by atoms with Crippen molar-refractivity contribution in [2.24, 2.45) is 5.41 Å². The molecule has 0 spiro atoms. The topological polar surface area (TPSA) is 58.6 Å². The van der Waals surface area contributed by atoms with E-state index in [1.807, 2.05) is 44.2 Å². The van der Waals surface area contributed by atoms with Crippen molar-refractivity contribution >= 4 is 5.91 Å². The number of hydrogen-bond donors (Lipinski definition) is 2. The molecule has 1 aromatic rings. The van der Waals surface area contributed by atoms with Crippen molar-refractivity contribution in [1.82, 2.24) is 5.32 Å². The van der Waals surface area contributed by atoms with E-state index >= 15 is 0 Å². The SMILES string of the molecule is CC(C)(CCO)CNC(=O)CCCOc1ccccc1. The van der Waals surface area contributed by atoms with E-state index in [1.165, 1.54) is 0 Å². The number of benzene rings is 1. The van der Waals surface area contributed by atoms with Gasteiger partial charge in [-0.05, 0) is 30.4 Å². The normalized spacial score (nSPS) is 11.2. The molecule has 1 amide bonds. The van der Waals surface area contributed by atoms with Crippen LogP contribution < -0.4 is 10.1 Å². The highest BCUT2D eigenvalue weighted by Crippen LogP contribution is 2.18. The number of aliphatic hydroxyl groups excluding tert-OH is 1. The number of amides is 1. The van der Waals surface area contributed by atoms with Crippen molar-refractivity contribution in [2.75, 3.05) is 19.8 Å². The highest BCUT2D eigenvalue weighted by Gasteiger charge is 2.17. The zero-order valence-corrected chi connectivity index (χ0v) is 12.4. The number of carbonyl (C=O) groups excluding carboxylic acids is 1. The molecule has 4 heteroatoms. The molecular formula is C16H25NO3. The summed E-state index contributed by atoms with van der Waals surface area (Å²) in [7, 11) is 0. The van der Waals surface area contributed by atoms with E-state index in [-0.39, 0.29) is 17.9 Å². The van der Waals surface area contributed by atoms with Gasteiger partial charge in [0.2, 0.25) is 5.91 Å². The Morgan fingerprint density at radius 1 is 1.30 bits per heavy atom. The van der Waals surface area contributed by atoms with Gasteiger partial charge in [-0.25, -0.2) is 0 Å². The average molecular weight is 279 g/mol. The lowest BCUT2D eigenvalue weighted by Crippen LogP contribution is -2.34. The van der Waals surface area contributed by atoms with Crippen molar-refractivity contribution in [1.29, 1.82) is 0 Å². The van der Waals surface area contributed by atoms with Crippen LogP contribution >= 0.6 is 0 Å². The van der Waals surface area contributed by atoms with Crippen molar-refractivity contribution in [3.63, 3.8) is 0 Å². The van der Waals surface area contributed by atoms with E-state index in [0.717, 1.165) is 5.75 Å². The van der Waals surface area contributed by atoms with Gasteiger partial charge in [-0.15, -0.1) is 0 Å². The molecule has 0 bridgehead atoms. The van der Waals surface area contributed by atoms with E-state index in [2.05, 4.69) is 5.32 Å². The molecule has 0 heterocycles. The second kappa shape index (κ2) is 8.59. The van der Waals surface area contributed by atoms with Gasteiger partial charge in [0.15, 0.2) is 0 Å². The Labute approximate surface area is 121 Å². The van der Waals surface area contributed by atoms with Crippen molar-refractivity contribution in [2.45, 2.75) is 33.1 Å². The first-order chi connectivity index (χ1) is 9.53. The third-order valence-corrected chi connectivity index (χ3v) is 3.11. The van der Waals surface area contributed by atoms with Gasteiger partial charge in [0.25, 0.3) is 0 Å². The summed E-state index contributed by atoms with van der Waals surface area (Å²) in [5, 5.41) is 11.8. The highest BCUT2D eigenvalue weighted by molar-refractivity contribution is 5.75. The number of hydrogen-bond acceptors (Lipinski definition) is 3. The lowest BCUT2D eigenvalue weighted by atomic mass is 9.90. The van der Waals surface area contributed by atoms with Gasteiger partial charge in [-0.1, -0.05) is 32.0 Å². The van der Waals surface area contributed by atoms with E-state index in [0.29, 0.717) is 32.4 Å². The van der Waals surface area contributed by atoms with Gasteiger partial charge in [0.05, 0.1) is 6.61 Å². The van der Waals surface area contributed by atoms with E-state index in [9.17, 15) is 4.79 Å². The first-order valence-electron chi connectivity index (χ1n) is 7.09. The molecule has 0 saturated carbocycles. The summed E-state index contributed by atoms with van der Waals surface area (Å²) in [6, 6.07) is 9.58. The van der Waals surface area contributed by atoms with Crippen LogP contribution in [0.5, 0.6) is 5.75 Å². The Hall–Kier alpha value is -1.55. The molecule has 4 nitrogen and oxygen atoms in total. The largest absolute Gasteiger partial charge is 0.494 e. The van der Waals surface area contributed by atoms with E-state index in [4.69, 9.17) is 9.84 Å². The molecular weight excluding hydrogens is 254 g/mol. The Kier molecular flexibility index (Phi) is 7.09. The van der Waals surface area contributed by atoms with Gasteiger partial charge < -0.3 is 15.2 Å². The predicted octanol–water partition coefficient (Wildman–Crippen LogP) is 2.37. The molecule has 0 aromatic heterocycles. The fourth-order valence-electron chi connectivity index (χ4n) is 1.76. The molecule has 0 saturated heterocycles. The van der Waals surface area contributed by atoms with Crippen molar-refractivity contribution in [3.05, 3.63) is 30.3 Å². The number of nitrogens with one attached hydrogen (secondary N) is 1. The van der Waals surface area contributed by atoms with Crippen LogP contribution in [0.3, 0.4) is 0 Å². The highest BCUT2D eigenvalue weighted by atomic mass is 16.5. The molecule has 0 fully saturated rings. The zero-order valence-electron chi connectivity index (χ0n) is 12.4. The lowest BCUT2D eigenvalue weighted by molar-refractivity contribution is -0.121. The van der Waals surface area contributed by atoms with Gasteiger partial charge in [-0.3, -0.25) is 4.79 Å². The molecule has 0 aliphatic rings. The van der Waals surface area contributed by atoms with Crippen LogP contribution in [0.25, 0.3) is 0 Å². The van der Waals surface area contributed by atoms with Crippen LogP contribution in [0.4, 0.5) is 0 Å². The Morgan fingerprint density at radius 2 is 2.00 bits per heavy atom. The van der Waals surface area contributed by atoms with Gasteiger partial charge in [-0.2, -0.15) is 0 Å². The van der Waals surface area contributed by atoms with Crippen LogP contribution in [0, 0.1) is 5.41 Å². The summed E-state index contributed by atoms with van der Waals surface area (Å²) < 4.78 is 5.53. The Bertz CT molecular complexity index is 390. The van der Waals surface area contributed by atoms with E-state index < -0.39 is 0 Å². The third-order valence-electron chi connectivity index (χ3n) is 3.11. The number of aliphatic hydroxyl groups is 1. The Balaban J connectivity index is 2.11. The standard InChI is InChI=1S/C16H25NO3/c1-16(2,10-11-18)13-17-15(19)9-6-12-20-14-7-4-3-5-8-14/h3-5,7-8,18H,6,9-13H2,1-2H3,(H,17,19). The minimum Gasteiger partial charge on any atom is -0.494 e. The van der Waals surface area contributed by atoms with Crippen LogP contribution in [0.1, 0.15) is 33.1 Å². The number of ether oxygens (including phenoxy) is 1. The van der Waals surface area contributed by atoms with Gasteiger partial charge >= 0.3 is 0 Å². The van der Waals surface area contributed by atoms with Crippen LogP contribution in [0.2, 0.25) is 0 Å². The molecule has 0 aliphatic carbocycles. The molecule has 0 aliphatic heterocycles. The minimum atomic E-state index is -0.0645. The summed E-state index contributed by atoms with van der Waals surface area (Å²) in [6.45, 7) is 5.33. The lowest BCUT2D eigenvalue weighted by Gasteiger charge is -2.23. The summed E-state index contributed by atoms with van der Waals surface area (Å²) >= 11 is 0.